The molecule has 0 fully saturated rings. The number of rotatable bonds is 16. The molecule has 0 heterocycles. The molecular weight excluding hydrogens is 458 g/mol. The molecule has 0 radical (unpaired) electrons. The number of hydrogen-bond acceptors (Lipinski definition) is 7. The number of aliphatic carboxylic acids is 2. The molecule has 0 bridgehead atoms. The van der Waals surface area contributed by atoms with Gasteiger partial charge in [-0.05, 0) is 51.1 Å². The van der Waals surface area contributed by atoms with E-state index in [1.807, 2.05) is 30.3 Å². The smallest absolute Gasteiger partial charge is 0.326 e. The first-order valence-electron chi connectivity index (χ1n) is 11.4. The predicted octanol–water partition coefficient (Wildman–Crippen LogP) is -0.891. The summed E-state index contributed by atoms with van der Waals surface area (Å²) in [4.78, 5) is 59.9. The Morgan fingerprint density at radius 2 is 1.49 bits per heavy atom. The van der Waals surface area contributed by atoms with Crippen LogP contribution < -0.4 is 27.4 Å². The number of nitrogens with one attached hydrogen (secondary N) is 3. The van der Waals surface area contributed by atoms with E-state index >= 15 is 0 Å². The van der Waals surface area contributed by atoms with Crippen LogP contribution in [-0.2, 0) is 30.4 Å². The van der Waals surface area contributed by atoms with Crippen molar-refractivity contribution in [1.82, 2.24) is 16.0 Å². The molecule has 9 N–H and O–H groups in total. The van der Waals surface area contributed by atoms with Crippen LogP contribution in [0.4, 0.5) is 0 Å². The molecule has 0 aliphatic rings. The molecule has 1 rings (SSSR count). The number of amides is 3. The maximum Gasteiger partial charge on any atom is 0.326 e. The maximum absolute atomic E-state index is 12.8. The summed E-state index contributed by atoms with van der Waals surface area (Å²) in [5, 5.41) is 25.2. The van der Waals surface area contributed by atoms with E-state index in [0.717, 1.165) is 5.56 Å². The lowest BCUT2D eigenvalue weighted by Gasteiger charge is -2.23. The second-order valence-electron chi connectivity index (χ2n) is 8.20. The molecule has 1 aromatic carbocycles. The van der Waals surface area contributed by atoms with Crippen LogP contribution in [-0.4, -0.2) is 70.6 Å². The van der Waals surface area contributed by atoms with Gasteiger partial charge in [0.1, 0.15) is 18.1 Å². The molecular formula is C23H35N5O7. The second kappa shape index (κ2) is 15.4. The van der Waals surface area contributed by atoms with Crippen molar-refractivity contribution in [2.24, 2.45) is 11.5 Å². The summed E-state index contributed by atoms with van der Waals surface area (Å²) in [6.07, 6.45) is 0.937. The van der Waals surface area contributed by atoms with E-state index in [1.54, 1.807) is 0 Å². The fourth-order valence-corrected chi connectivity index (χ4v) is 3.20. The van der Waals surface area contributed by atoms with Crippen molar-refractivity contribution in [3.05, 3.63) is 35.9 Å². The summed E-state index contributed by atoms with van der Waals surface area (Å²) in [6.45, 7) is 1.75. The van der Waals surface area contributed by atoms with Gasteiger partial charge in [-0.2, -0.15) is 0 Å². The van der Waals surface area contributed by atoms with E-state index in [0.29, 0.717) is 19.4 Å². The van der Waals surface area contributed by atoms with Gasteiger partial charge in [-0.1, -0.05) is 30.3 Å². The molecule has 4 unspecified atom stereocenters. The number of carbonyl (C=O) groups is 5. The molecule has 0 aromatic heterocycles. The van der Waals surface area contributed by atoms with Crippen LogP contribution in [0.5, 0.6) is 0 Å². The van der Waals surface area contributed by atoms with Gasteiger partial charge in [0, 0.05) is 6.42 Å². The SMILES string of the molecule is CC(NC(=O)C(CCCCN)NC(=O)C(N)Cc1ccccc1)C(=O)NC(CCC(=O)O)C(=O)O. The third-order valence-corrected chi connectivity index (χ3v) is 5.23. The zero-order valence-corrected chi connectivity index (χ0v) is 19.7. The van der Waals surface area contributed by atoms with Gasteiger partial charge in [0.25, 0.3) is 0 Å². The van der Waals surface area contributed by atoms with Crippen LogP contribution in [0.2, 0.25) is 0 Å². The minimum absolute atomic E-state index is 0.261. The number of carboxylic acids is 2. The highest BCUT2D eigenvalue weighted by molar-refractivity contribution is 5.94. The highest BCUT2D eigenvalue weighted by Crippen LogP contribution is 2.06. The first-order chi connectivity index (χ1) is 16.5. The zero-order chi connectivity index (χ0) is 26.4. The molecule has 194 valence electrons. The number of carboxylic acid groups (broad SMARTS) is 2. The number of unbranched alkanes of at least 4 members (excludes halogenated alkanes) is 1. The fourth-order valence-electron chi connectivity index (χ4n) is 3.20. The van der Waals surface area contributed by atoms with Crippen molar-refractivity contribution < 1.29 is 34.2 Å². The number of benzene rings is 1. The third-order valence-electron chi connectivity index (χ3n) is 5.23. The van der Waals surface area contributed by atoms with Crippen LogP contribution in [0.15, 0.2) is 30.3 Å². The van der Waals surface area contributed by atoms with E-state index in [1.165, 1.54) is 6.92 Å². The predicted molar refractivity (Wildman–Crippen MR) is 127 cm³/mol. The molecule has 0 aliphatic carbocycles. The molecule has 0 saturated carbocycles. The largest absolute Gasteiger partial charge is 0.481 e. The van der Waals surface area contributed by atoms with E-state index in [4.69, 9.17) is 16.6 Å². The maximum atomic E-state index is 12.8. The lowest BCUT2D eigenvalue weighted by atomic mass is 10.0. The van der Waals surface area contributed by atoms with Gasteiger partial charge in [0.15, 0.2) is 0 Å². The highest BCUT2D eigenvalue weighted by atomic mass is 16.4. The molecule has 0 spiro atoms. The number of carbonyl (C=O) groups excluding carboxylic acids is 3. The lowest BCUT2D eigenvalue weighted by molar-refractivity contribution is -0.143. The first-order valence-corrected chi connectivity index (χ1v) is 11.4. The Labute approximate surface area is 203 Å². The van der Waals surface area contributed by atoms with Gasteiger partial charge in [-0.25, -0.2) is 4.79 Å². The van der Waals surface area contributed by atoms with E-state index < -0.39 is 60.2 Å². The molecule has 3 amide bonds. The van der Waals surface area contributed by atoms with Gasteiger partial charge in [0.05, 0.1) is 6.04 Å². The molecule has 0 saturated heterocycles. The Balaban J connectivity index is 2.76. The molecule has 12 heteroatoms. The highest BCUT2D eigenvalue weighted by Gasteiger charge is 2.28. The summed E-state index contributed by atoms with van der Waals surface area (Å²) < 4.78 is 0. The standard InChI is InChI=1S/C23H35N5O7/c1-14(20(31)28-18(23(34)35)10-11-19(29)30)26-22(33)17(9-5-6-12-24)27-21(32)16(25)13-15-7-3-2-4-8-15/h2-4,7-8,14,16-18H,5-6,9-13,24-25H2,1H3,(H,26,33)(H,27,32)(H,28,31)(H,29,30)(H,34,35). The van der Waals surface area contributed by atoms with Gasteiger partial charge < -0.3 is 37.6 Å². The van der Waals surface area contributed by atoms with Crippen molar-refractivity contribution in [2.75, 3.05) is 6.54 Å². The van der Waals surface area contributed by atoms with Crippen LogP contribution in [0, 0.1) is 0 Å². The fraction of sp³-hybridized carbons (Fsp3) is 0.522. The van der Waals surface area contributed by atoms with E-state index in [2.05, 4.69) is 16.0 Å². The van der Waals surface area contributed by atoms with E-state index in [9.17, 15) is 29.1 Å². The summed E-state index contributed by atoms with van der Waals surface area (Å²) in [5.74, 6) is -4.56. The van der Waals surface area contributed by atoms with Gasteiger partial charge in [-0.15, -0.1) is 0 Å². The molecule has 0 aliphatic heterocycles. The van der Waals surface area contributed by atoms with Crippen molar-refractivity contribution >= 4 is 29.7 Å². The summed E-state index contributed by atoms with van der Waals surface area (Å²) in [5.41, 5.74) is 12.4. The average molecular weight is 494 g/mol. The molecule has 4 atom stereocenters. The Morgan fingerprint density at radius 3 is 2.06 bits per heavy atom. The van der Waals surface area contributed by atoms with Crippen LogP contribution in [0.3, 0.4) is 0 Å². The summed E-state index contributed by atoms with van der Waals surface area (Å²) in [7, 11) is 0. The Morgan fingerprint density at radius 1 is 0.857 bits per heavy atom. The van der Waals surface area contributed by atoms with Gasteiger partial charge >= 0.3 is 11.9 Å². The van der Waals surface area contributed by atoms with Crippen molar-refractivity contribution in [2.45, 2.75) is 69.6 Å². The number of hydrogen-bond donors (Lipinski definition) is 7. The molecule has 12 nitrogen and oxygen atoms in total. The normalized spacial score (nSPS) is 14.1. The van der Waals surface area contributed by atoms with Crippen LogP contribution in [0.25, 0.3) is 0 Å². The van der Waals surface area contributed by atoms with E-state index in [-0.39, 0.29) is 19.3 Å². The number of nitrogens with two attached hydrogens (primary N) is 2. The summed E-state index contributed by atoms with van der Waals surface area (Å²) >= 11 is 0. The van der Waals surface area contributed by atoms with Crippen LogP contribution >= 0.6 is 0 Å². The Bertz CT molecular complexity index is 865. The van der Waals surface area contributed by atoms with Crippen molar-refractivity contribution in [1.29, 1.82) is 0 Å². The van der Waals surface area contributed by atoms with Gasteiger partial charge in [-0.3, -0.25) is 19.2 Å². The average Bonchev–Trinajstić information content (AvgIpc) is 2.81. The van der Waals surface area contributed by atoms with Crippen molar-refractivity contribution in [3.8, 4) is 0 Å². The second-order valence-corrected chi connectivity index (χ2v) is 8.20. The minimum Gasteiger partial charge on any atom is -0.481 e. The lowest BCUT2D eigenvalue weighted by Crippen LogP contribution is -2.56. The van der Waals surface area contributed by atoms with Gasteiger partial charge in [0.2, 0.25) is 17.7 Å². The summed E-state index contributed by atoms with van der Waals surface area (Å²) in [6, 6.07) is 4.73. The Hall–Kier alpha value is -3.51. The zero-order valence-electron chi connectivity index (χ0n) is 19.7. The minimum atomic E-state index is -1.42. The third kappa shape index (κ3) is 11.5. The topological polar surface area (TPSA) is 214 Å². The van der Waals surface area contributed by atoms with Crippen LogP contribution in [0.1, 0.15) is 44.6 Å². The monoisotopic (exact) mass is 493 g/mol. The van der Waals surface area contributed by atoms with Crippen molar-refractivity contribution in [3.63, 3.8) is 0 Å². The Kier molecular flexibility index (Phi) is 13.0. The quantitative estimate of drug-likeness (QED) is 0.142. The molecule has 1 aromatic rings. The first kappa shape index (κ1) is 29.5. The molecule has 35 heavy (non-hydrogen) atoms.